The normalized spacial score (nSPS) is 23.5. The van der Waals surface area contributed by atoms with Crippen molar-refractivity contribution in [3.8, 4) is 0 Å². The fourth-order valence-corrected chi connectivity index (χ4v) is 4.31. The fraction of sp³-hybridized carbons (Fsp3) is 0.500. The summed E-state index contributed by atoms with van der Waals surface area (Å²) in [5.74, 6) is -2.28. The van der Waals surface area contributed by atoms with Gasteiger partial charge in [-0.15, -0.1) is 0 Å². The molecule has 2 aliphatic rings. The number of ether oxygens (including phenoxy) is 1. The monoisotopic (exact) mass is 398 g/mol. The van der Waals surface area contributed by atoms with Gasteiger partial charge in [0.1, 0.15) is 5.92 Å². The SMILES string of the molecule is CC1=NC2=C(C(=O)CC(C)(C)C2)[C@H](c2ccccc2[N+](=O)[O-])C1C(=O)OC(C)C. The van der Waals surface area contributed by atoms with Crippen LogP contribution in [0.3, 0.4) is 0 Å². The highest BCUT2D eigenvalue weighted by Gasteiger charge is 2.47. The zero-order chi connectivity index (χ0) is 21.5. The molecule has 7 heteroatoms. The molecule has 0 amide bonds. The summed E-state index contributed by atoms with van der Waals surface area (Å²) >= 11 is 0. The predicted octanol–water partition coefficient (Wildman–Crippen LogP) is 4.36. The molecule has 1 aliphatic carbocycles. The van der Waals surface area contributed by atoms with Crippen molar-refractivity contribution < 1.29 is 19.2 Å². The lowest BCUT2D eigenvalue weighted by molar-refractivity contribution is -0.385. The zero-order valence-corrected chi connectivity index (χ0v) is 17.4. The van der Waals surface area contributed by atoms with E-state index in [1.54, 1.807) is 39.0 Å². The molecule has 1 aromatic carbocycles. The van der Waals surface area contributed by atoms with E-state index in [0.29, 0.717) is 35.4 Å². The van der Waals surface area contributed by atoms with Crippen LogP contribution in [-0.4, -0.2) is 28.5 Å². The first-order valence-corrected chi connectivity index (χ1v) is 9.77. The number of carbonyl (C=O) groups is 2. The Kier molecular flexibility index (Phi) is 5.43. The van der Waals surface area contributed by atoms with Crippen LogP contribution in [0.15, 0.2) is 40.5 Å². The molecule has 0 saturated heterocycles. The molecule has 0 radical (unpaired) electrons. The van der Waals surface area contributed by atoms with Gasteiger partial charge in [0.05, 0.1) is 11.0 Å². The Morgan fingerprint density at radius 1 is 1.28 bits per heavy atom. The minimum atomic E-state index is -0.873. The molecule has 0 fully saturated rings. The van der Waals surface area contributed by atoms with E-state index in [2.05, 4.69) is 4.99 Å². The number of nitro benzene ring substituents is 1. The van der Waals surface area contributed by atoms with Crippen molar-refractivity contribution in [2.45, 2.75) is 59.5 Å². The van der Waals surface area contributed by atoms with Crippen LogP contribution in [0.5, 0.6) is 0 Å². The number of rotatable bonds is 4. The number of nitro groups is 1. The van der Waals surface area contributed by atoms with Gasteiger partial charge in [-0.3, -0.25) is 24.7 Å². The number of aliphatic imine (C=N–C) groups is 1. The number of allylic oxidation sites excluding steroid dienone is 2. The highest BCUT2D eigenvalue weighted by atomic mass is 16.6. The average molecular weight is 398 g/mol. The predicted molar refractivity (Wildman–Crippen MR) is 109 cm³/mol. The summed E-state index contributed by atoms with van der Waals surface area (Å²) in [4.78, 5) is 42.0. The van der Waals surface area contributed by atoms with Gasteiger partial charge in [-0.2, -0.15) is 0 Å². The molecule has 0 N–H and O–H groups in total. The molecule has 29 heavy (non-hydrogen) atoms. The van der Waals surface area contributed by atoms with Gasteiger partial charge in [0, 0.05) is 41.0 Å². The lowest BCUT2D eigenvalue weighted by Crippen LogP contribution is -2.40. The summed E-state index contributed by atoms with van der Waals surface area (Å²) in [6.07, 6.45) is 0.538. The number of carbonyl (C=O) groups excluding carboxylic acids is 2. The molecular formula is C22H26N2O5. The number of hydrogen-bond acceptors (Lipinski definition) is 6. The highest BCUT2D eigenvalue weighted by Crippen LogP contribution is 2.49. The van der Waals surface area contributed by atoms with Crippen LogP contribution in [0, 0.1) is 21.4 Å². The number of para-hydroxylation sites is 1. The van der Waals surface area contributed by atoms with Gasteiger partial charge in [0.25, 0.3) is 5.69 Å². The Balaban J connectivity index is 2.24. The van der Waals surface area contributed by atoms with Crippen LogP contribution < -0.4 is 0 Å². The largest absolute Gasteiger partial charge is 0.462 e. The Labute approximate surface area is 170 Å². The summed E-state index contributed by atoms with van der Waals surface area (Å²) < 4.78 is 5.44. The second-order valence-corrected chi connectivity index (χ2v) is 8.81. The summed E-state index contributed by atoms with van der Waals surface area (Å²) in [6.45, 7) is 9.21. The molecule has 7 nitrogen and oxygen atoms in total. The van der Waals surface area contributed by atoms with E-state index in [1.165, 1.54) is 6.07 Å². The maximum atomic E-state index is 13.2. The molecule has 0 spiro atoms. The minimum absolute atomic E-state index is 0.112. The second-order valence-electron chi connectivity index (χ2n) is 8.81. The van der Waals surface area contributed by atoms with Crippen LogP contribution >= 0.6 is 0 Å². The summed E-state index contributed by atoms with van der Waals surface area (Å²) in [5.41, 5.74) is 1.54. The summed E-state index contributed by atoms with van der Waals surface area (Å²) in [6, 6.07) is 6.28. The van der Waals surface area contributed by atoms with Crippen molar-refractivity contribution >= 4 is 23.2 Å². The molecule has 0 aromatic heterocycles. The standard InChI is InChI=1S/C22H26N2O5/c1-12(2)29-21(26)18-13(3)23-15-10-22(4,5)11-17(25)20(15)19(18)14-8-6-7-9-16(14)24(27)28/h6-9,12,18-19H,10-11H2,1-5H3/t18?,19-/m1/s1. The van der Waals surface area contributed by atoms with Gasteiger partial charge >= 0.3 is 5.97 Å². The van der Waals surface area contributed by atoms with Crippen molar-refractivity contribution in [3.63, 3.8) is 0 Å². The molecule has 154 valence electrons. The third-order valence-corrected chi connectivity index (χ3v) is 5.38. The minimum Gasteiger partial charge on any atom is -0.462 e. The summed E-state index contributed by atoms with van der Waals surface area (Å²) in [5, 5.41) is 11.7. The van der Waals surface area contributed by atoms with Crippen molar-refractivity contribution in [2.75, 3.05) is 0 Å². The van der Waals surface area contributed by atoms with E-state index in [1.807, 2.05) is 13.8 Å². The van der Waals surface area contributed by atoms with Gasteiger partial charge < -0.3 is 4.74 Å². The Bertz CT molecular complexity index is 942. The first-order chi connectivity index (χ1) is 13.5. The third-order valence-electron chi connectivity index (χ3n) is 5.38. The molecule has 1 heterocycles. The number of ketones is 1. The number of esters is 1. The van der Waals surface area contributed by atoms with Crippen LogP contribution in [0.1, 0.15) is 58.9 Å². The van der Waals surface area contributed by atoms with Crippen molar-refractivity contribution in [3.05, 3.63) is 51.2 Å². The number of nitrogens with zero attached hydrogens (tertiary/aromatic N) is 2. The Hall–Kier alpha value is -2.83. The maximum Gasteiger partial charge on any atom is 0.315 e. The van der Waals surface area contributed by atoms with Crippen molar-refractivity contribution in [1.82, 2.24) is 0 Å². The van der Waals surface area contributed by atoms with E-state index in [9.17, 15) is 19.7 Å². The van der Waals surface area contributed by atoms with Crippen molar-refractivity contribution in [2.24, 2.45) is 16.3 Å². The van der Waals surface area contributed by atoms with Gasteiger partial charge in [0.2, 0.25) is 0 Å². The van der Waals surface area contributed by atoms with E-state index in [-0.39, 0.29) is 23.0 Å². The number of Topliss-reactive ketones (excluding diaryl/α,β-unsaturated/α-hetero) is 1. The van der Waals surface area contributed by atoms with Crippen LogP contribution in [-0.2, 0) is 14.3 Å². The van der Waals surface area contributed by atoms with Crippen LogP contribution in [0.4, 0.5) is 5.69 Å². The first-order valence-electron chi connectivity index (χ1n) is 9.77. The third kappa shape index (κ3) is 3.99. The Morgan fingerprint density at radius 2 is 1.93 bits per heavy atom. The highest BCUT2D eigenvalue weighted by molar-refractivity contribution is 6.09. The van der Waals surface area contributed by atoms with E-state index >= 15 is 0 Å². The van der Waals surface area contributed by atoms with Crippen LogP contribution in [0.2, 0.25) is 0 Å². The smallest absolute Gasteiger partial charge is 0.315 e. The molecule has 3 rings (SSSR count). The van der Waals surface area contributed by atoms with Gasteiger partial charge in [-0.05, 0) is 32.6 Å². The number of hydrogen-bond donors (Lipinski definition) is 0. The zero-order valence-electron chi connectivity index (χ0n) is 17.4. The lowest BCUT2D eigenvalue weighted by atomic mass is 9.66. The molecule has 2 atom stereocenters. The molecule has 0 bridgehead atoms. The first kappa shape index (κ1) is 20.9. The topological polar surface area (TPSA) is 98.9 Å². The molecule has 0 saturated carbocycles. The second kappa shape index (κ2) is 7.54. The summed E-state index contributed by atoms with van der Waals surface area (Å²) in [7, 11) is 0. The molecule has 1 unspecified atom stereocenters. The van der Waals surface area contributed by atoms with Crippen molar-refractivity contribution in [1.29, 1.82) is 0 Å². The van der Waals surface area contributed by atoms with Crippen LogP contribution in [0.25, 0.3) is 0 Å². The Morgan fingerprint density at radius 3 is 2.55 bits per heavy atom. The van der Waals surface area contributed by atoms with Gasteiger partial charge in [0.15, 0.2) is 5.78 Å². The average Bonchev–Trinajstić information content (AvgIpc) is 2.58. The number of benzene rings is 1. The van der Waals surface area contributed by atoms with E-state index in [0.717, 1.165) is 0 Å². The van der Waals surface area contributed by atoms with E-state index < -0.39 is 22.7 Å². The molecule has 1 aliphatic heterocycles. The van der Waals surface area contributed by atoms with E-state index in [4.69, 9.17) is 4.74 Å². The lowest BCUT2D eigenvalue weighted by Gasteiger charge is -2.38. The molecular weight excluding hydrogens is 372 g/mol. The van der Waals surface area contributed by atoms with Gasteiger partial charge in [-0.25, -0.2) is 0 Å². The maximum absolute atomic E-state index is 13.2. The molecule has 1 aromatic rings. The fourth-order valence-electron chi connectivity index (χ4n) is 4.31. The quantitative estimate of drug-likeness (QED) is 0.426. The van der Waals surface area contributed by atoms with Gasteiger partial charge in [-0.1, -0.05) is 32.0 Å².